The van der Waals surface area contributed by atoms with Crippen LogP contribution in [0.25, 0.3) is 0 Å². The zero-order valence-corrected chi connectivity index (χ0v) is 10.8. The van der Waals surface area contributed by atoms with Crippen LogP contribution in [0.4, 0.5) is 0 Å². The molecule has 106 valence electrons. The zero-order chi connectivity index (χ0) is 14.5. The molecule has 0 spiro atoms. The molecular formula is C14H16N2O4. The molecule has 2 aromatic heterocycles. The van der Waals surface area contributed by atoms with Gasteiger partial charge in [0.1, 0.15) is 0 Å². The van der Waals surface area contributed by atoms with E-state index in [1.54, 1.807) is 24.3 Å². The predicted octanol–water partition coefficient (Wildman–Crippen LogP) is -0.568. The minimum atomic E-state index is -1.14. The van der Waals surface area contributed by atoms with Gasteiger partial charge in [-0.25, -0.2) is 0 Å². The average Bonchev–Trinajstić information content (AvgIpc) is 2.43. The molecule has 0 aliphatic carbocycles. The normalized spacial score (nSPS) is 13.9. The Balaban J connectivity index is 2.05. The Hall–Kier alpha value is -2.18. The maximum Gasteiger partial charge on any atom is 0.250 e. The lowest BCUT2D eigenvalue weighted by Gasteiger charge is -2.19. The summed E-state index contributed by atoms with van der Waals surface area (Å²) in [6.45, 7) is -0.0507. The highest BCUT2D eigenvalue weighted by Gasteiger charge is 2.18. The minimum Gasteiger partial charge on any atom is -0.388 e. The van der Waals surface area contributed by atoms with Crippen LogP contribution in [-0.2, 0) is 13.1 Å². The topological polar surface area (TPSA) is 84.5 Å². The summed E-state index contributed by atoms with van der Waals surface area (Å²) >= 11 is 0. The van der Waals surface area contributed by atoms with Crippen LogP contribution >= 0.6 is 0 Å². The number of aliphatic hydroxyl groups excluding tert-OH is 2. The summed E-state index contributed by atoms with van der Waals surface area (Å²) in [5, 5.41) is 19.8. The van der Waals surface area contributed by atoms with Crippen LogP contribution in [0.15, 0.2) is 58.4 Å². The van der Waals surface area contributed by atoms with Gasteiger partial charge in [0.05, 0.1) is 25.3 Å². The number of aromatic nitrogens is 2. The molecule has 0 aliphatic heterocycles. The van der Waals surface area contributed by atoms with Crippen molar-refractivity contribution >= 4 is 0 Å². The molecule has 20 heavy (non-hydrogen) atoms. The molecule has 0 aliphatic rings. The van der Waals surface area contributed by atoms with Crippen molar-refractivity contribution in [3.63, 3.8) is 0 Å². The zero-order valence-electron chi connectivity index (χ0n) is 10.8. The molecule has 0 aromatic carbocycles. The number of aliphatic hydroxyl groups is 2. The second-order valence-electron chi connectivity index (χ2n) is 4.52. The van der Waals surface area contributed by atoms with E-state index in [4.69, 9.17) is 0 Å². The fourth-order valence-electron chi connectivity index (χ4n) is 1.87. The molecule has 2 aromatic rings. The molecule has 0 amide bonds. The summed E-state index contributed by atoms with van der Waals surface area (Å²) in [5.74, 6) is 0. The van der Waals surface area contributed by atoms with Crippen molar-refractivity contribution in [3.8, 4) is 0 Å². The minimum absolute atomic E-state index is 0.0254. The third-order valence-corrected chi connectivity index (χ3v) is 3.01. The first-order valence-corrected chi connectivity index (χ1v) is 6.25. The van der Waals surface area contributed by atoms with Crippen molar-refractivity contribution < 1.29 is 10.2 Å². The van der Waals surface area contributed by atoms with Crippen LogP contribution in [0.3, 0.4) is 0 Å². The molecule has 0 saturated carbocycles. The highest BCUT2D eigenvalue weighted by Crippen LogP contribution is 2.00. The Morgan fingerprint density at radius 3 is 1.55 bits per heavy atom. The first kappa shape index (κ1) is 14.2. The fourth-order valence-corrected chi connectivity index (χ4v) is 1.87. The lowest BCUT2D eigenvalue weighted by molar-refractivity contribution is -0.00104. The first-order valence-electron chi connectivity index (χ1n) is 6.25. The van der Waals surface area contributed by atoms with Crippen LogP contribution in [0, 0.1) is 0 Å². The number of hydrogen-bond donors (Lipinski definition) is 2. The van der Waals surface area contributed by atoms with E-state index < -0.39 is 12.2 Å². The van der Waals surface area contributed by atoms with Gasteiger partial charge in [-0.2, -0.15) is 0 Å². The van der Waals surface area contributed by atoms with E-state index in [0.717, 1.165) is 0 Å². The van der Waals surface area contributed by atoms with Crippen molar-refractivity contribution in [2.24, 2.45) is 0 Å². The Kier molecular flexibility index (Phi) is 4.49. The van der Waals surface area contributed by atoms with E-state index in [-0.39, 0.29) is 24.2 Å². The van der Waals surface area contributed by atoms with Crippen LogP contribution in [-0.4, -0.2) is 31.6 Å². The smallest absolute Gasteiger partial charge is 0.250 e. The van der Waals surface area contributed by atoms with Gasteiger partial charge < -0.3 is 19.3 Å². The maximum atomic E-state index is 11.5. The summed E-state index contributed by atoms with van der Waals surface area (Å²) in [5.41, 5.74) is -0.508. The lowest BCUT2D eigenvalue weighted by Crippen LogP contribution is -2.38. The molecule has 6 heteroatoms. The van der Waals surface area contributed by atoms with Gasteiger partial charge >= 0.3 is 0 Å². The quantitative estimate of drug-likeness (QED) is 0.766. The van der Waals surface area contributed by atoms with E-state index in [2.05, 4.69) is 0 Å². The summed E-state index contributed by atoms with van der Waals surface area (Å²) in [4.78, 5) is 23.0. The highest BCUT2D eigenvalue weighted by molar-refractivity contribution is 4.95. The predicted molar refractivity (Wildman–Crippen MR) is 73.4 cm³/mol. The summed E-state index contributed by atoms with van der Waals surface area (Å²) < 4.78 is 2.61. The van der Waals surface area contributed by atoms with Gasteiger partial charge in [-0.3, -0.25) is 9.59 Å². The van der Waals surface area contributed by atoms with Crippen LogP contribution in [0.5, 0.6) is 0 Å². The second-order valence-corrected chi connectivity index (χ2v) is 4.52. The monoisotopic (exact) mass is 276 g/mol. The number of rotatable bonds is 5. The van der Waals surface area contributed by atoms with E-state index in [1.165, 1.54) is 33.7 Å². The molecule has 0 saturated heterocycles. The molecule has 2 heterocycles. The van der Waals surface area contributed by atoms with Crippen molar-refractivity contribution in [2.45, 2.75) is 25.3 Å². The third kappa shape index (κ3) is 3.43. The number of pyridine rings is 2. The molecule has 2 N–H and O–H groups in total. The highest BCUT2D eigenvalue weighted by atomic mass is 16.3. The average molecular weight is 276 g/mol. The lowest BCUT2D eigenvalue weighted by atomic mass is 10.2. The van der Waals surface area contributed by atoms with Gasteiger partial charge in [-0.15, -0.1) is 0 Å². The molecule has 0 bridgehead atoms. The summed E-state index contributed by atoms with van der Waals surface area (Å²) in [7, 11) is 0. The largest absolute Gasteiger partial charge is 0.388 e. The van der Waals surface area contributed by atoms with E-state index in [1.807, 2.05) is 0 Å². The van der Waals surface area contributed by atoms with E-state index in [9.17, 15) is 19.8 Å². The van der Waals surface area contributed by atoms with Gasteiger partial charge in [-0.05, 0) is 12.1 Å². The van der Waals surface area contributed by atoms with Gasteiger partial charge in [0.2, 0.25) is 0 Å². The van der Waals surface area contributed by atoms with Crippen molar-refractivity contribution in [2.75, 3.05) is 0 Å². The molecule has 2 rings (SSSR count). The molecular weight excluding hydrogens is 260 g/mol. The number of nitrogens with zero attached hydrogens (tertiary/aromatic N) is 2. The maximum absolute atomic E-state index is 11.5. The van der Waals surface area contributed by atoms with E-state index >= 15 is 0 Å². The van der Waals surface area contributed by atoms with Crippen molar-refractivity contribution in [1.29, 1.82) is 0 Å². The van der Waals surface area contributed by atoms with Gasteiger partial charge in [0.15, 0.2) is 0 Å². The first-order chi connectivity index (χ1) is 9.58. The van der Waals surface area contributed by atoms with Crippen LogP contribution in [0.2, 0.25) is 0 Å². The Morgan fingerprint density at radius 2 is 1.20 bits per heavy atom. The van der Waals surface area contributed by atoms with Gasteiger partial charge in [0.25, 0.3) is 11.1 Å². The van der Waals surface area contributed by atoms with Crippen molar-refractivity contribution in [1.82, 2.24) is 9.13 Å². The second kappa shape index (κ2) is 6.31. The summed E-state index contributed by atoms with van der Waals surface area (Å²) in [6.07, 6.45) is 0.796. The Bertz CT molecular complexity index is 617. The molecule has 2 atom stereocenters. The molecule has 0 radical (unpaired) electrons. The standard InChI is InChI=1S/C14H16N2O4/c17-11(9-15-7-3-1-5-13(15)19)12(18)10-16-8-4-2-6-14(16)20/h1-8,11-12,17-18H,9-10H2. The SMILES string of the molecule is O=c1ccccn1CC(O)C(O)Cn1ccccc1=O. The molecule has 6 nitrogen and oxygen atoms in total. The molecule has 0 fully saturated rings. The van der Waals surface area contributed by atoms with Crippen molar-refractivity contribution in [3.05, 3.63) is 69.5 Å². The van der Waals surface area contributed by atoms with Crippen LogP contribution in [0.1, 0.15) is 0 Å². The summed E-state index contributed by atoms with van der Waals surface area (Å²) in [6, 6.07) is 9.29. The van der Waals surface area contributed by atoms with Gasteiger partial charge in [0, 0.05) is 24.5 Å². The third-order valence-electron chi connectivity index (χ3n) is 3.01. The Labute approximate surface area is 115 Å². The Morgan fingerprint density at radius 1 is 0.800 bits per heavy atom. The van der Waals surface area contributed by atoms with E-state index in [0.29, 0.717) is 0 Å². The number of hydrogen-bond acceptors (Lipinski definition) is 4. The molecule has 2 unspecified atom stereocenters. The fraction of sp³-hybridized carbons (Fsp3) is 0.286. The van der Waals surface area contributed by atoms with Crippen LogP contribution < -0.4 is 11.1 Å². The van der Waals surface area contributed by atoms with Gasteiger partial charge in [-0.1, -0.05) is 12.1 Å².